The second-order valence-corrected chi connectivity index (χ2v) is 5.87. The Morgan fingerprint density at radius 2 is 2.22 bits per heavy atom. The number of esters is 1. The van der Waals surface area contributed by atoms with Crippen LogP contribution < -0.4 is 5.32 Å². The second-order valence-electron chi connectivity index (χ2n) is 4.93. The first-order chi connectivity index (χ1) is 11.1. The molecule has 0 fully saturated rings. The van der Waals surface area contributed by atoms with E-state index in [0.717, 1.165) is 27.2 Å². The Morgan fingerprint density at radius 1 is 1.39 bits per heavy atom. The largest absolute Gasteiger partial charge is 0.465 e. The molecule has 7 heteroatoms. The third kappa shape index (κ3) is 2.95. The van der Waals surface area contributed by atoms with Crippen molar-refractivity contribution in [2.45, 2.75) is 6.42 Å². The van der Waals surface area contributed by atoms with Crippen LogP contribution in [0.1, 0.15) is 15.4 Å². The van der Waals surface area contributed by atoms with E-state index in [9.17, 15) is 9.59 Å². The Balaban J connectivity index is 1.99. The molecule has 0 aliphatic heterocycles. The number of aromatic amines is 1. The van der Waals surface area contributed by atoms with Crippen molar-refractivity contribution in [3.05, 3.63) is 40.3 Å². The highest BCUT2D eigenvalue weighted by molar-refractivity contribution is 7.10. The lowest BCUT2D eigenvalue weighted by Gasteiger charge is -2.00. The van der Waals surface area contributed by atoms with Crippen molar-refractivity contribution in [2.24, 2.45) is 0 Å². The minimum absolute atomic E-state index is 0.0715. The predicted octanol–water partition coefficient (Wildman–Crippen LogP) is 2.37. The molecule has 6 nitrogen and oxygen atoms in total. The maximum Gasteiger partial charge on any atom is 0.337 e. The predicted molar refractivity (Wildman–Crippen MR) is 88.5 cm³/mol. The maximum absolute atomic E-state index is 11.7. The molecule has 0 bridgehead atoms. The van der Waals surface area contributed by atoms with Gasteiger partial charge in [0, 0.05) is 35.1 Å². The molecule has 23 heavy (non-hydrogen) atoms. The van der Waals surface area contributed by atoms with Gasteiger partial charge in [-0.05, 0) is 18.2 Å². The van der Waals surface area contributed by atoms with E-state index in [0.29, 0.717) is 5.56 Å². The molecule has 3 aromatic rings. The smallest absolute Gasteiger partial charge is 0.337 e. The number of hydrogen-bond donors (Lipinski definition) is 2. The van der Waals surface area contributed by atoms with Gasteiger partial charge in [0.15, 0.2) is 0 Å². The number of nitrogens with zero attached hydrogens (tertiary/aromatic N) is 1. The Bertz CT molecular complexity index is 882. The third-order valence-electron chi connectivity index (χ3n) is 3.52. The summed E-state index contributed by atoms with van der Waals surface area (Å²) in [7, 11) is 2.96. The number of aromatic nitrogens is 2. The van der Waals surface area contributed by atoms with Crippen LogP contribution in [0.25, 0.3) is 22.2 Å². The summed E-state index contributed by atoms with van der Waals surface area (Å²) in [5.41, 5.74) is 3.07. The van der Waals surface area contributed by atoms with Crippen molar-refractivity contribution in [1.29, 1.82) is 0 Å². The van der Waals surface area contributed by atoms with Crippen molar-refractivity contribution in [2.75, 3.05) is 14.2 Å². The molecule has 0 saturated heterocycles. The van der Waals surface area contributed by atoms with E-state index < -0.39 is 0 Å². The van der Waals surface area contributed by atoms with Gasteiger partial charge in [0.05, 0.1) is 24.8 Å². The number of thiazole rings is 1. The fourth-order valence-electron chi connectivity index (χ4n) is 2.32. The van der Waals surface area contributed by atoms with Gasteiger partial charge in [-0.15, -0.1) is 11.3 Å². The van der Waals surface area contributed by atoms with Gasteiger partial charge in [0.2, 0.25) is 5.91 Å². The molecule has 3 rings (SSSR count). The monoisotopic (exact) mass is 329 g/mol. The number of nitrogens with one attached hydrogen (secondary N) is 2. The summed E-state index contributed by atoms with van der Waals surface area (Å²) in [5.74, 6) is -0.449. The van der Waals surface area contributed by atoms with Gasteiger partial charge in [-0.3, -0.25) is 4.79 Å². The minimum atomic E-state index is -0.377. The SMILES string of the molecule is CNC(=O)Cc1nc(-c2c[nH]c3ccc(C(=O)OC)cc23)cs1. The van der Waals surface area contributed by atoms with Gasteiger partial charge in [0.25, 0.3) is 0 Å². The number of carbonyl (C=O) groups is 2. The van der Waals surface area contributed by atoms with Gasteiger partial charge in [0.1, 0.15) is 5.01 Å². The lowest BCUT2D eigenvalue weighted by molar-refractivity contribution is -0.119. The summed E-state index contributed by atoms with van der Waals surface area (Å²) in [6, 6.07) is 5.33. The van der Waals surface area contributed by atoms with E-state index in [-0.39, 0.29) is 18.3 Å². The van der Waals surface area contributed by atoms with Crippen molar-refractivity contribution in [3.63, 3.8) is 0 Å². The number of methoxy groups -OCH3 is 1. The Hall–Kier alpha value is -2.67. The highest BCUT2D eigenvalue weighted by Gasteiger charge is 2.14. The Kier molecular flexibility index (Phi) is 4.12. The Morgan fingerprint density at radius 3 is 2.96 bits per heavy atom. The highest BCUT2D eigenvalue weighted by Crippen LogP contribution is 2.30. The summed E-state index contributed by atoms with van der Waals surface area (Å²) in [6.07, 6.45) is 2.11. The molecule has 2 N–H and O–H groups in total. The summed E-state index contributed by atoms with van der Waals surface area (Å²) in [5, 5.41) is 6.13. The molecule has 0 unspecified atom stereocenters. The van der Waals surface area contributed by atoms with Crippen molar-refractivity contribution < 1.29 is 14.3 Å². The van der Waals surface area contributed by atoms with Crippen LogP contribution in [-0.4, -0.2) is 36.0 Å². The first kappa shape index (κ1) is 15.2. The zero-order valence-electron chi connectivity index (χ0n) is 12.7. The average Bonchev–Trinajstić information content (AvgIpc) is 3.19. The molecule has 0 aliphatic rings. The number of likely N-dealkylation sites (N-methyl/N-ethyl adjacent to an activating group) is 1. The van der Waals surface area contributed by atoms with Crippen molar-refractivity contribution in [3.8, 4) is 11.3 Å². The number of ether oxygens (including phenoxy) is 1. The number of carbonyl (C=O) groups excluding carboxylic acids is 2. The number of benzene rings is 1. The average molecular weight is 329 g/mol. The summed E-state index contributed by atoms with van der Waals surface area (Å²) < 4.78 is 4.76. The van der Waals surface area contributed by atoms with E-state index in [4.69, 9.17) is 4.74 Å². The molecule has 2 aromatic heterocycles. The lowest BCUT2D eigenvalue weighted by atomic mass is 10.1. The molecule has 0 spiro atoms. The van der Waals surface area contributed by atoms with E-state index in [1.54, 1.807) is 19.2 Å². The fourth-order valence-corrected chi connectivity index (χ4v) is 3.11. The number of amides is 1. The molecule has 118 valence electrons. The lowest BCUT2D eigenvalue weighted by Crippen LogP contribution is -2.19. The first-order valence-electron chi connectivity index (χ1n) is 6.97. The summed E-state index contributed by atoms with van der Waals surface area (Å²) in [6.45, 7) is 0. The highest BCUT2D eigenvalue weighted by atomic mass is 32.1. The van der Waals surface area contributed by atoms with E-state index in [1.807, 2.05) is 17.6 Å². The molecular formula is C16H15N3O3S. The second kappa shape index (κ2) is 6.21. The van der Waals surface area contributed by atoms with Crippen molar-refractivity contribution in [1.82, 2.24) is 15.3 Å². The maximum atomic E-state index is 11.7. The van der Waals surface area contributed by atoms with Gasteiger partial charge in [-0.25, -0.2) is 9.78 Å². The summed E-state index contributed by atoms with van der Waals surface area (Å²) in [4.78, 5) is 30.8. The minimum Gasteiger partial charge on any atom is -0.465 e. The number of fused-ring (bicyclic) bond motifs is 1. The van der Waals surface area contributed by atoms with Crippen molar-refractivity contribution >= 4 is 34.1 Å². The number of hydrogen-bond acceptors (Lipinski definition) is 5. The van der Waals surface area contributed by atoms with Gasteiger partial charge >= 0.3 is 5.97 Å². The van der Waals surface area contributed by atoms with Gasteiger partial charge in [-0.1, -0.05) is 0 Å². The first-order valence-corrected chi connectivity index (χ1v) is 7.85. The van der Waals surface area contributed by atoms with Gasteiger partial charge in [-0.2, -0.15) is 0 Å². The topological polar surface area (TPSA) is 84.1 Å². The van der Waals surface area contributed by atoms with Crippen LogP contribution in [0, 0.1) is 0 Å². The Labute approximate surface area is 136 Å². The van der Waals surface area contributed by atoms with Crippen LogP contribution in [0.4, 0.5) is 0 Å². The number of H-pyrrole nitrogens is 1. The molecular weight excluding hydrogens is 314 g/mol. The van der Waals surface area contributed by atoms with Crippen LogP contribution >= 0.6 is 11.3 Å². The molecule has 2 heterocycles. The van der Waals surface area contributed by atoms with E-state index in [2.05, 4.69) is 15.3 Å². The van der Waals surface area contributed by atoms with E-state index in [1.165, 1.54) is 18.4 Å². The molecule has 0 aliphatic carbocycles. The third-order valence-corrected chi connectivity index (χ3v) is 4.37. The van der Waals surface area contributed by atoms with Gasteiger partial charge < -0.3 is 15.0 Å². The molecule has 1 aromatic carbocycles. The van der Waals surface area contributed by atoms with Crippen LogP contribution in [0.5, 0.6) is 0 Å². The van der Waals surface area contributed by atoms with Crippen LogP contribution in [0.15, 0.2) is 29.8 Å². The molecule has 0 radical (unpaired) electrons. The molecule has 0 saturated carbocycles. The van der Waals surface area contributed by atoms with Crippen LogP contribution in [0.2, 0.25) is 0 Å². The zero-order chi connectivity index (χ0) is 16.4. The van der Waals surface area contributed by atoms with Crippen LogP contribution in [-0.2, 0) is 16.0 Å². The quantitative estimate of drug-likeness (QED) is 0.720. The molecule has 0 atom stereocenters. The summed E-state index contributed by atoms with van der Waals surface area (Å²) >= 11 is 1.44. The molecule has 1 amide bonds. The van der Waals surface area contributed by atoms with E-state index >= 15 is 0 Å². The number of rotatable bonds is 4. The fraction of sp³-hybridized carbons (Fsp3) is 0.188. The van der Waals surface area contributed by atoms with Crippen LogP contribution in [0.3, 0.4) is 0 Å². The normalized spacial score (nSPS) is 10.7. The zero-order valence-corrected chi connectivity index (χ0v) is 13.5. The standard InChI is InChI=1S/C16H15N3O3S/c1-17-14(20)6-15-19-13(8-23-15)11-7-18-12-4-3-9(5-10(11)12)16(21)22-2/h3-5,7-8,18H,6H2,1-2H3,(H,17,20).